The number of nitrogens with zero attached hydrogens (tertiary/aromatic N) is 2. The van der Waals surface area contributed by atoms with E-state index in [0.29, 0.717) is 0 Å². The van der Waals surface area contributed by atoms with Crippen molar-refractivity contribution in [2.45, 2.75) is 13.0 Å². The number of piperazine rings is 1. The Balaban J connectivity index is 1.53. The molecule has 4 nitrogen and oxygen atoms in total. The molecule has 132 valence electrons. The van der Waals surface area contributed by atoms with Crippen LogP contribution >= 0.6 is 15.9 Å². The molecule has 6 heteroatoms. The number of nitrogens with one attached hydrogen (secondary N) is 1. The van der Waals surface area contributed by atoms with Gasteiger partial charge in [0.1, 0.15) is 5.82 Å². The van der Waals surface area contributed by atoms with E-state index in [1.165, 1.54) is 12.1 Å². The van der Waals surface area contributed by atoms with E-state index >= 15 is 0 Å². The molecule has 1 atom stereocenters. The molecule has 1 saturated heterocycles. The van der Waals surface area contributed by atoms with Gasteiger partial charge in [-0.3, -0.25) is 9.69 Å². The fraction of sp³-hybridized carbons (Fsp3) is 0.316. The number of benzene rings is 2. The highest BCUT2D eigenvalue weighted by Crippen LogP contribution is 2.19. The first-order valence-corrected chi connectivity index (χ1v) is 9.13. The number of carbonyl (C=O) groups is 1. The van der Waals surface area contributed by atoms with Crippen LogP contribution in [-0.4, -0.2) is 43.0 Å². The lowest BCUT2D eigenvalue weighted by atomic mass is 10.2. The lowest BCUT2D eigenvalue weighted by Crippen LogP contribution is -2.52. The maximum atomic E-state index is 13.0. The highest BCUT2D eigenvalue weighted by atomic mass is 79.9. The Labute approximate surface area is 155 Å². The highest BCUT2D eigenvalue weighted by molar-refractivity contribution is 9.10. The molecule has 1 amide bonds. The summed E-state index contributed by atoms with van der Waals surface area (Å²) in [7, 11) is 0. The maximum absolute atomic E-state index is 13.0. The van der Waals surface area contributed by atoms with Crippen LogP contribution in [-0.2, 0) is 4.79 Å². The molecule has 1 aliphatic heterocycles. The molecule has 0 aromatic heterocycles. The summed E-state index contributed by atoms with van der Waals surface area (Å²) in [6.45, 7) is 5.17. The van der Waals surface area contributed by atoms with E-state index in [0.717, 1.165) is 42.0 Å². The van der Waals surface area contributed by atoms with Crippen molar-refractivity contribution < 1.29 is 9.18 Å². The average Bonchev–Trinajstić information content (AvgIpc) is 2.64. The largest absolute Gasteiger partial charge is 0.369 e. The SMILES string of the molecule is CC(C(=O)Nc1ccc(Br)cc1)N1CCN(c2ccc(F)cc2)CC1. The van der Waals surface area contributed by atoms with Crippen LogP contribution in [0.2, 0.25) is 0 Å². The van der Waals surface area contributed by atoms with E-state index in [9.17, 15) is 9.18 Å². The summed E-state index contributed by atoms with van der Waals surface area (Å²) in [6, 6.07) is 13.9. The van der Waals surface area contributed by atoms with Crippen molar-refractivity contribution in [3.8, 4) is 0 Å². The normalized spacial score (nSPS) is 16.5. The summed E-state index contributed by atoms with van der Waals surface area (Å²) in [5.74, 6) is -0.224. The zero-order valence-electron chi connectivity index (χ0n) is 14.1. The standard InChI is InChI=1S/C19H21BrFN3O/c1-14(19(25)22-17-6-2-15(20)3-7-17)23-10-12-24(13-11-23)18-8-4-16(21)5-9-18/h2-9,14H,10-13H2,1H3,(H,22,25). The summed E-state index contributed by atoms with van der Waals surface area (Å²) >= 11 is 3.39. The Morgan fingerprint density at radius 1 is 1.04 bits per heavy atom. The van der Waals surface area contributed by atoms with Crippen LogP contribution in [0, 0.1) is 5.82 Å². The van der Waals surface area contributed by atoms with E-state index in [1.54, 1.807) is 12.1 Å². The van der Waals surface area contributed by atoms with Gasteiger partial charge < -0.3 is 10.2 Å². The van der Waals surface area contributed by atoms with Crippen LogP contribution in [0.1, 0.15) is 6.92 Å². The first-order chi connectivity index (χ1) is 12.0. The summed E-state index contributed by atoms with van der Waals surface area (Å²) in [5, 5.41) is 2.96. The molecule has 25 heavy (non-hydrogen) atoms. The second-order valence-corrected chi connectivity index (χ2v) is 7.09. The predicted octanol–water partition coefficient (Wildman–Crippen LogP) is 3.74. The van der Waals surface area contributed by atoms with Gasteiger partial charge in [0.25, 0.3) is 0 Å². The number of carbonyl (C=O) groups excluding carboxylic acids is 1. The van der Waals surface area contributed by atoms with Gasteiger partial charge in [0.15, 0.2) is 0 Å². The topological polar surface area (TPSA) is 35.6 Å². The first kappa shape index (κ1) is 17.9. The number of hydrogen-bond acceptors (Lipinski definition) is 3. The van der Waals surface area contributed by atoms with E-state index < -0.39 is 0 Å². The van der Waals surface area contributed by atoms with Crippen LogP contribution in [0.25, 0.3) is 0 Å². The zero-order valence-corrected chi connectivity index (χ0v) is 15.7. The third-order valence-corrected chi connectivity index (χ3v) is 5.07. The average molecular weight is 406 g/mol. The lowest BCUT2D eigenvalue weighted by molar-refractivity contribution is -0.120. The van der Waals surface area contributed by atoms with Crippen molar-refractivity contribution in [1.29, 1.82) is 0 Å². The van der Waals surface area contributed by atoms with Crippen molar-refractivity contribution in [3.63, 3.8) is 0 Å². The molecule has 0 spiro atoms. The van der Waals surface area contributed by atoms with Gasteiger partial charge in [-0.15, -0.1) is 0 Å². The molecule has 0 aliphatic carbocycles. The quantitative estimate of drug-likeness (QED) is 0.841. The van der Waals surface area contributed by atoms with Crippen molar-refractivity contribution >= 4 is 33.2 Å². The number of anilines is 2. The van der Waals surface area contributed by atoms with Crippen molar-refractivity contribution in [1.82, 2.24) is 4.90 Å². The van der Waals surface area contributed by atoms with Crippen LogP contribution in [0.3, 0.4) is 0 Å². The molecule has 0 radical (unpaired) electrons. The van der Waals surface area contributed by atoms with Crippen molar-refractivity contribution in [2.24, 2.45) is 0 Å². The van der Waals surface area contributed by atoms with Crippen LogP contribution in [0.4, 0.5) is 15.8 Å². The smallest absolute Gasteiger partial charge is 0.241 e. The first-order valence-electron chi connectivity index (χ1n) is 8.34. The number of hydrogen-bond donors (Lipinski definition) is 1. The zero-order chi connectivity index (χ0) is 17.8. The fourth-order valence-corrected chi connectivity index (χ4v) is 3.23. The third kappa shape index (κ3) is 4.58. The summed E-state index contributed by atoms with van der Waals surface area (Å²) in [6.07, 6.45) is 0. The molecule has 1 heterocycles. The van der Waals surface area contributed by atoms with Gasteiger partial charge in [0, 0.05) is 42.0 Å². The molecule has 1 N–H and O–H groups in total. The minimum absolute atomic E-state index is 0.00226. The number of halogens is 2. The minimum atomic E-state index is -0.222. The Morgan fingerprint density at radius 2 is 1.64 bits per heavy atom. The monoisotopic (exact) mass is 405 g/mol. The Hall–Kier alpha value is -1.92. The number of rotatable bonds is 4. The predicted molar refractivity (Wildman–Crippen MR) is 102 cm³/mol. The fourth-order valence-electron chi connectivity index (χ4n) is 2.97. The minimum Gasteiger partial charge on any atom is -0.369 e. The molecule has 3 rings (SSSR count). The van der Waals surface area contributed by atoms with E-state index in [4.69, 9.17) is 0 Å². The van der Waals surface area contributed by atoms with Crippen LogP contribution in [0.15, 0.2) is 53.0 Å². The maximum Gasteiger partial charge on any atom is 0.241 e. The molecule has 1 aliphatic rings. The molecule has 0 saturated carbocycles. The third-order valence-electron chi connectivity index (χ3n) is 4.54. The summed E-state index contributed by atoms with van der Waals surface area (Å²) in [4.78, 5) is 16.9. The molecule has 1 unspecified atom stereocenters. The van der Waals surface area contributed by atoms with Gasteiger partial charge in [-0.1, -0.05) is 15.9 Å². The van der Waals surface area contributed by atoms with Crippen LogP contribution in [0.5, 0.6) is 0 Å². The van der Waals surface area contributed by atoms with Crippen molar-refractivity contribution in [2.75, 3.05) is 36.4 Å². The van der Waals surface area contributed by atoms with E-state index in [1.807, 2.05) is 31.2 Å². The Morgan fingerprint density at radius 3 is 2.24 bits per heavy atom. The van der Waals surface area contributed by atoms with Gasteiger partial charge >= 0.3 is 0 Å². The highest BCUT2D eigenvalue weighted by Gasteiger charge is 2.25. The Kier molecular flexibility index (Phi) is 5.71. The molecular weight excluding hydrogens is 385 g/mol. The molecule has 1 fully saturated rings. The summed E-state index contributed by atoms with van der Waals surface area (Å²) in [5.41, 5.74) is 1.82. The lowest BCUT2D eigenvalue weighted by Gasteiger charge is -2.38. The van der Waals surface area contributed by atoms with Gasteiger partial charge in [-0.25, -0.2) is 4.39 Å². The summed E-state index contributed by atoms with van der Waals surface area (Å²) < 4.78 is 14.0. The number of amides is 1. The van der Waals surface area contributed by atoms with Gasteiger partial charge in [0.2, 0.25) is 5.91 Å². The second-order valence-electron chi connectivity index (χ2n) is 6.17. The van der Waals surface area contributed by atoms with Gasteiger partial charge in [-0.2, -0.15) is 0 Å². The Bertz CT molecular complexity index is 712. The van der Waals surface area contributed by atoms with Crippen molar-refractivity contribution in [3.05, 3.63) is 58.8 Å². The molecule has 0 bridgehead atoms. The second kappa shape index (κ2) is 7.97. The van der Waals surface area contributed by atoms with E-state index in [2.05, 4.69) is 31.0 Å². The molecule has 2 aromatic rings. The van der Waals surface area contributed by atoms with Gasteiger partial charge in [-0.05, 0) is 55.5 Å². The van der Waals surface area contributed by atoms with Gasteiger partial charge in [0.05, 0.1) is 6.04 Å². The van der Waals surface area contributed by atoms with Crippen LogP contribution < -0.4 is 10.2 Å². The molecular formula is C19H21BrFN3O. The van der Waals surface area contributed by atoms with E-state index in [-0.39, 0.29) is 17.8 Å². The molecule has 2 aromatic carbocycles.